The summed E-state index contributed by atoms with van der Waals surface area (Å²) in [6.45, 7) is 1.67. The maximum absolute atomic E-state index is 14.0. The van der Waals surface area contributed by atoms with Crippen molar-refractivity contribution >= 4 is 32.8 Å². The topological polar surface area (TPSA) is 89.0 Å². The number of hydrogen-bond donors (Lipinski definition) is 1. The van der Waals surface area contributed by atoms with Crippen LogP contribution in [0.2, 0.25) is 0 Å². The van der Waals surface area contributed by atoms with Crippen molar-refractivity contribution in [2.24, 2.45) is 0 Å². The molecule has 134 valence electrons. The summed E-state index contributed by atoms with van der Waals surface area (Å²) in [5.41, 5.74) is 0.905. The third kappa shape index (κ3) is 3.78. The van der Waals surface area contributed by atoms with Crippen LogP contribution in [0.3, 0.4) is 0 Å². The van der Waals surface area contributed by atoms with E-state index in [0.29, 0.717) is 21.3 Å². The summed E-state index contributed by atoms with van der Waals surface area (Å²) in [6.07, 6.45) is 2.64. The SMILES string of the molecule is Cc1nc(-c2ccccn2)sc1C(=O)Nc1cc(S(C)(=O)=O)ccc1F. The van der Waals surface area contributed by atoms with Gasteiger partial charge in [0.15, 0.2) is 9.84 Å². The Labute approximate surface area is 153 Å². The number of nitrogens with one attached hydrogen (secondary N) is 1. The van der Waals surface area contributed by atoms with Gasteiger partial charge in [0, 0.05) is 12.5 Å². The number of aryl methyl sites for hydroxylation is 1. The summed E-state index contributed by atoms with van der Waals surface area (Å²) in [5.74, 6) is -1.29. The van der Waals surface area contributed by atoms with Crippen LogP contribution in [0.5, 0.6) is 0 Å². The van der Waals surface area contributed by atoms with Gasteiger partial charge in [0.2, 0.25) is 0 Å². The van der Waals surface area contributed by atoms with Gasteiger partial charge in [-0.25, -0.2) is 17.8 Å². The Bertz CT molecular complexity index is 1080. The number of amides is 1. The van der Waals surface area contributed by atoms with Crippen molar-refractivity contribution in [1.82, 2.24) is 9.97 Å². The van der Waals surface area contributed by atoms with Crippen LogP contribution in [0.15, 0.2) is 47.5 Å². The number of benzene rings is 1. The zero-order valence-corrected chi connectivity index (χ0v) is 15.5. The minimum Gasteiger partial charge on any atom is -0.319 e. The van der Waals surface area contributed by atoms with E-state index in [1.807, 2.05) is 6.07 Å². The van der Waals surface area contributed by atoms with E-state index in [1.165, 1.54) is 0 Å². The number of sulfone groups is 1. The molecule has 0 unspecified atom stereocenters. The molecule has 0 spiro atoms. The fourth-order valence-corrected chi connectivity index (χ4v) is 3.80. The molecule has 3 rings (SSSR count). The van der Waals surface area contributed by atoms with Crippen LogP contribution in [0.1, 0.15) is 15.4 Å². The molecule has 0 bridgehead atoms. The number of anilines is 1. The molecule has 2 aromatic heterocycles. The standard InChI is InChI=1S/C17H14FN3O3S2/c1-10-15(25-17(20-10)13-5-3-4-8-19-13)16(22)21-14-9-11(26(2,23)24)6-7-12(14)18/h3-9H,1-2H3,(H,21,22). The van der Waals surface area contributed by atoms with Crippen molar-refractivity contribution in [1.29, 1.82) is 0 Å². The molecule has 0 aliphatic heterocycles. The zero-order valence-electron chi connectivity index (χ0n) is 13.9. The third-order valence-electron chi connectivity index (χ3n) is 3.50. The van der Waals surface area contributed by atoms with Gasteiger partial charge in [0.25, 0.3) is 5.91 Å². The number of rotatable bonds is 4. The van der Waals surface area contributed by atoms with Gasteiger partial charge in [-0.2, -0.15) is 0 Å². The van der Waals surface area contributed by atoms with E-state index < -0.39 is 21.6 Å². The van der Waals surface area contributed by atoms with E-state index >= 15 is 0 Å². The number of aromatic nitrogens is 2. The van der Waals surface area contributed by atoms with E-state index in [2.05, 4.69) is 15.3 Å². The molecule has 1 aromatic carbocycles. The molecule has 1 amide bonds. The smallest absolute Gasteiger partial charge is 0.267 e. The summed E-state index contributed by atoms with van der Waals surface area (Å²) in [5, 5.41) is 2.98. The fraction of sp³-hybridized carbons (Fsp3) is 0.118. The number of thiazole rings is 1. The molecular formula is C17H14FN3O3S2. The van der Waals surface area contributed by atoms with Crippen LogP contribution in [0.25, 0.3) is 10.7 Å². The van der Waals surface area contributed by atoms with Crippen LogP contribution in [-0.4, -0.2) is 30.5 Å². The first kappa shape index (κ1) is 18.2. The van der Waals surface area contributed by atoms with Gasteiger partial charge in [-0.1, -0.05) is 6.07 Å². The summed E-state index contributed by atoms with van der Waals surface area (Å²) in [6, 6.07) is 8.61. The first-order chi connectivity index (χ1) is 12.3. The maximum atomic E-state index is 14.0. The molecule has 9 heteroatoms. The lowest BCUT2D eigenvalue weighted by Crippen LogP contribution is -2.13. The summed E-state index contributed by atoms with van der Waals surface area (Å²) in [4.78, 5) is 21.3. The van der Waals surface area contributed by atoms with E-state index in [0.717, 1.165) is 35.8 Å². The Morgan fingerprint density at radius 2 is 2.00 bits per heavy atom. The van der Waals surface area contributed by atoms with Crippen LogP contribution in [0.4, 0.5) is 10.1 Å². The van der Waals surface area contributed by atoms with Gasteiger partial charge in [0.05, 0.1) is 22.0 Å². The number of carbonyl (C=O) groups is 1. The highest BCUT2D eigenvalue weighted by molar-refractivity contribution is 7.90. The summed E-state index contributed by atoms with van der Waals surface area (Å²) >= 11 is 1.13. The van der Waals surface area contributed by atoms with E-state index in [1.54, 1.807) is 25.3 Å². The van der Waals surface area contributed by atoms with Crippen molar-refractivity contribution in [2.75, 3.05) is 11.6 Å². The monoisotopic (exact) mass is 391 g/mol. The number of halogens is 1. The van der Waals surface area contributed by atoms with Crippen molar-refractivity contribution in [3.05, 3.63) is 59.0 Å². The van der Waals surface area contributed by atoms with Crippen molar-refractivity contribution < 1.29 is 17.6 Å². The molecule has 0 saturated carbocycles. The molecule has 1 N–H and O–H groups in total. The highest BCUT2D eigenvalue weighted by atomic mass is 32.2. The van der Waals surface area contributed by atoms with Gasteiger partial charge < -0.3 is 5.32 Å². The van der Waals surface area contributed by atoms with Crippen LogP contribution >= 0.6 is 11.3 Å². The van der Waals surface area contributed by atoms with Crippen LogP contribution < -0.4 is 5.32 Å². The Balaban J connectivity index is 1.91. The summed E-state index contributed by atoms with van der Waals surface area (Å²) < 4.78 is 37.2. The first-order valence-electron chi connectivity index (χ1n) is 7.45. The lowest BCUT2D eigenvalue weighted by molar-refractivity contribution is 0.102. The Kier molecular flexibility index (Phi) is 4.84. The number of carbonyl (C=O) groups excluding carboxylic acids is 1. The second kappa shape index (κ2) is 6.93. The first-order valence-corrected chi connectivity index (χ1v) is 10.2. The van der Waals surface area contributed by atoms with Gasteiger partial charge in [-0.05, 0) is 37.3 Å². The molecule has 26 heavy (non-hydrogen) atoms. The van der Waals surface area contributed by atoms with Gasteiger partial charge in [0.1, 0.15) is 15.7 Å². The van der Waals surface area contributed by atoms with Crippen LogP contribution in [0, 0.1) is 12.7 Å². The fourth-order valence-electron chi connectivity index (χ4n) is 2.22. The van der Waals surface area contributed by atoms with Crippen molar-refractivity contribution in [2.45, 2.75) is 11.8 Å². The molecule has 3 aromatic rings. The molecule has 6 nitrogen and oxygen atoms in total. The lowest BCUT2D eigenvalue weighted by Gasteiger charge is -2.07. The number of pyridine rings is 1. The lowest BCUT2D eigenvalue weighted by atomic mass is 10.3. The molecule has 2 heterocycles. The molecule has 0 atom stereocenters. The second-order valence-corrected chi connectivity index (χ2v) is 8.53. The van der Waals surface area contributed by atoms with E-state index in [-0.39, 0.29) is 10.6 Å². The minimum atomic E-state index is -3.52. The Hall–Kier alpha value is -2.65. The van der Waals surface area contributed by atoms with Gasteiger partial charge >= 0.3 is 0 Å². The average Bonchev–Trinajstić information content (AvgIpc) is 2.98. The summed E-state index contributed by atoms with van der Waals surface area (Å²) in [7, 11) is -3.52. The maximum Gasteiger partial charge on any atom is 0.267 e. The predicted octanol–water partition coefficient (Wildman–Crippen LogP) is 3.31. The predicted molar refractivity (Wildman–Crippen MR) is 97.5 cm³/mol. The molecule has 0 radical (unpaired) electrons. The number of hydrogen-bond acceptors (Lipinski definition) is 6. The molecule has 0 aliphatic rings. The Morgan fingerprint density at radius 3 is 2.65 bits per heavy atom. The van der Waals surface area contributed by atoms with Gasteiger partial charge in [-0.15, -0.1) is 11.3 Å². The van der Waals surface area contributed by atoms with E-state index in [9.17, 15) is 17.6 Å². The minimum absolute atomic E-state index is 0.0793. The van der Waals surface area contributed by atoms with E-state index in [4.69, 9.17) is 0 Å². The highest BCUT2D eigenvalue weighted by Crippen LogP contribution is 2.28. The molecule has 0 saturated heterocycles. The van der Waals surface area contributed by atoms with Crippen molar-refractivity contribution in [3.8, 4) is 10.7 Å². The normalized spacial score (nSPS) is 11.3. The number of nitrogens with zero attached hydrogens (tertiary/aromatic N) is 2. The third-order valence-corrected chi connectivity index (χ3v) is 5.79. The molecule has 0 fully saturated rings. The molecule has 0 aliphatic carbocycles. The second-order valence-electron chi connectivity index (χ2n) is 5.52. The molecular weight excluding hydrogens is 377 g/mol. The van der Waals surface area contributed by atoms with Crippen LogP contribution in [-0.2, 0) is 9.84 Å². The quantitative estimate of drug-likeness (QED) is 0.689. The average molecular weight is 391 g/mol. The largest absolute Gasteiger partial charge is 0.319 e. The van der Waals surface area contributed by atoms with Gasteiger partial charge in [-0.3, -0.25) is 9.78 Å². The highest BCUT2D eigenvalue weighted by Gasteiger charge is 2.19. The zero-order chi connectivity index (χ0) is 18.9. The van der Waals surface area contributed by atoms with Crippen molar-refractivity contribution in [3.63, 3.8) is 0 Å². The Morgan fingerprint density at radius 1 is 1.23 bits per heavy atom.